The highest BCUT2D eigenvalue weighted by molar-refractivity contribution is 9.10. The zero-order valence-electron chi connectivity index (χ0n) is 9.62. The number of halogens is 1. The fraction of sp³-hybridized carbons (Fsp3) is 0.636. The number of carbonyl (C=O) groups is 1. The van der Waals surface area contributed by atoms with Gasteiger partial charge in [-0.15, -0.1) is 0 Å². The van der Waals surface area contributed by atoms with Gasteiger partial charge in [-0.05, 0) is 12.0 Å². The van der Waals surface area contributed by atoms with Crippen molar-refractivity contribution < 1.29 is 4.79 Å². The van der Waals surface area contributed by atoms with Crippen molar-refractivity contribution in [1.29, 1.82) is 0 Å². The average molecular weight is 273 g/mol. The molecule has 3 nitrogen and oxygen atoms in total. The Morgan fingerprint density at radius 3 is 2.60 bits per heavy atom. The molecule has 0 aliphatic rings. The molecule has 1 heterocycles. The van der Waals surface area contributed by atoms with E-state index in [2.05, 4.69) is 21.0 Å². The highest BCUT2D eigenvalue weighted by atomic mass is 79.9. The molecule has 0 amide bonds. The number of carbonyl (C=O) groups excluding carboxylic acids is 1. The molecule has 0 bridgehead atoms. The molecule has 0 saturated carbocycles. The van der Waals surface area contributed by atoms with Gasteiger partial charge in [-0.25, -0.2) is 0 Å². The third-order valence-electron chi connectivity index (χ3n) is 2.20. The van der Waals surface area contributed by atoms with Crippen LogP contribution in [0.15, 0.2) is 12.4 Å². The van der Waals surface area contributed by atoms with Gasteiger partial charge in [0.05, 0.1) is 11.0 Å². The van der Waals surface area contributed by atoms with E-state index in [-0.39, 0.29) is 16.0 Å². The Morgan fingerprint density at radius 1 is 1.60 bits per heavy atom. The molecule has 1 atom stereocenters. The lowest BCUT2D eigenvalue weighted by Gasteiger charge is -2.20. The molecular weight excluding hydrogens is 256 g/mol. The highest BCUT2D eigenvalue weighted by Crippen LogP contribution is 2.22. The van der Waals surface area contributed by atoms with Crippen LogP contribution in [0.3, 0.4) is 0 Å². The van der Waals surface area contributed by atoms with E-state index in [1.54, 1.807) is 10.9 Å². The summed E-state index contributed by atoms with van der Waals surface area (Å²) in [5, 5.41) is 4.08. The van der Waals surface area contributed by atoms with Crippen LogP contribution in [0.5, 0.6) is 0 Å². The lowest BCUT2D eigenvalue weighted by Crippen LogP contribution is -2.29. The summed E-state index contributed by atoms with van der Waals surface area (Å²) < 4.78 is 1.75. The molecular formula is C11H17BrN2O. The molecule has 15 heavy (non-hydrogen) atoms. The van der Waals surface area contributed by atoms with Crippen LogP contribution in [0.4, 0.5) is 0 Å². The van der Waals surface area contributed by atoms with Crippen LogP contribution in [0.25, 0.3) is 0 Å². The van der Waals surface area contributed by atoms with Crippen LogP contribution in [0.1, 0.15) is 26.3 Å². The monoisotopic (exact) mass is 272 g/mol. The summed E-state index contributed by atoms with van der Waals surface area (Å²) >= 11 is 3.44. The molecule has 0 spiro atoms. The summed E-state index contributed by atoms with van der Waals surface area (Å²) in [4.78, 5) is 11.8. The van der Waals surface area contributed by atoms with Crippen molar-refractivity contribution in [3.63, 3.8) is 0 Å². The minimum Gasteiger partial charge on any atom is -0.298 e. The maximum Gasteiger partial charge on any atom is 0.152 e. The maximum absolute atomic E-state index is 11.9. The molecule has 84 valence electrons. The normalized spacial score (nSPS) is 13.9. The van der Waals surface area contributed by atoms with E-state index in [9.17, 15) is 4.79 Å². The highest BCUT2D eigenvalue weighted by Gasteiger charge is 2.27. The second-order valence-corrected chi connectivity index (χ2v) is 5.91. The Hall–Kier alpha value is -0.640. The fourth-order valence-electron chi connectivity index (χ4n) is 1.35. The number of ketones is 1. The van der Waals surface area contributed by atoms with Crippen LogP contribution >= 0.6 is 15.9 Å². The van der Waals surface area contributed by atoms with Crippen LogP contribution < -0.4 is 0 Å². The van der Waals surface area contributed by atoms with E-state index >= 15 is 0 Å². The topological polar surface area (TPSA) is 34.9 Å². The molecule has 0 N–H and O–H groups in total. The molecule has 4 heteroatoms. The maximum atomic E-state index is 11.9. The number of aryl methyl sites for hydroxylation is 1. The van der Waals surface area contributed by atoms with Crippen LogP contribution in [-0.4, -0.2) is 20.4 Å². The zero-order chi connectivity index (χ0) is 11.6. The zero-order valence-corrected chi connectivity index (χ0v) is 11.2. The summed E-state index contributed by atoms with van der Waals surface area (Å²) in [6.45, 7) is 5.81. The van der Waals surface area contributed by atoms with Crippen molar-refractivity contribution in [3.8, 4) is 0 Å². The van der Waals surface area contributed by atoms with Gasteiger partial charge < -0.3 is 0 Å². The van der Waals surface area contributed by atoms with Crippen molar-refractivity contribution in [2.24, 2.45) is 12.5 Å². The summed E-state index contributed by atoms with van der Waals surface area (Å²) in [5.41, 5.74) is 0.785. The van der Waals surface area contributed by atoms with Crippen LogP contribution in [-0.2, 0) is 18.3 Å². The van der Waals surface area contributed by atoms with Crippen LogP contribution in [0, 0.1) is 5.41 Å². The lowest BCUT2D eigenvalue weighted by molar-refractivity contribution is -0.125. The molecule has 1 aromatic heterocycles. The van der Waals surface area contributed by atoms with E-state index in [1.165, 1.54) is 0 Å². The van der Waals surface area contributed by atoms with Crippen molar-refractivity contribution >= 4 is 21.7 Å². The van der Waals surface area contributed by atoms with Gasteiger partial charge in [-0.2, -0.15) is 5.10 Å². The number of hydrogen-bond acceptors (Lipinski definition) is 2. The van der Waals surface area contributed by atoms with Gasteiger partial charge >= 0.3 is 0 Å². The number of aromatic nitrogens is 2. The van der Waals surface area contributed by atoms with Gasteiger partial charge in [0, 0.05) is 18.7 Å². The first-order valence-corrected chi connectivity index (χ1v) is 5.88. The molecule has 0 fully saturated rings. The van der Waals surface area contributed by atoms with Gasteiger partial charge in [-0.1, -0.05) is 36.7 Å². The number of alkyl halides is 1. The molecule has 1 unspecified atom stereocenters. The Balaban J connectivity index is 2.64. The van der Waals surface area contributed by atoms with Gasteiger partial charge in [0.25, 0.3) is 0 Å². The van der Waals surface area contributed by atoms with E-state index in [4.69, 9.17) is 0 Å². The molecule has 0 radical (unpaired) electrons. The Bertz CT molecular complexity index is 352. The first kappa shape index (κ1) is 12.4. The standard InChI is InChI=1S/C11H17BrN2O/c1-11(2,3)10(15)9(12)5-8-6-13-14(4)7-8/h6-7,9H,5H2,1-4H3. The second-order valence-electron chi connectivity index (χ2n) is 4.81. The molecule has 0 saturated heterocycles. The second kappa shape index (κ2) is 4.47. The van der Waals surface area contributed by atoms with Gasteiger partial charge in [0.2, 0.25) is 0 Å². The van der Waals surface area contributed by atoms with E-state index in [1.807, 2.05) is 34.0 Å². The smallest absolute Gasteiger partial charge is 0.152 e. The van der Waals surface area contributed by atoms with Crippen molar-refractivity contribution in [3.05, 3.63) is 18.0 Å². The van der Waals surface area contributed by atoms with E-state index in [0.717, 1.165) is 5.56 Å². The quantitative estimate of drug-likeness (QED) is 0.792. The molecule has 0 aliphatic carbocycles. The predicted octanol–water partition coefficient (Wildman–Crippen LogP) is 2.34. The average Bonchev–Trinajstić information content (AvgIpc) is 2.48. The van der Waals surface area contributed by atoms with Crippen molar-refractivity contribution in [2.75, 3.05) is 0 Å². The summed E-state index contributed by atoms with van der Waals surface area (Å²) in [5.74, 6) is 0.228. The SMILES string of the molecule is Cn1cc(CC(Br)C(=O)C(C)(C)C)cn1. The fourth-order valence-corrected chi connectivity index (χ4v) is 2.41. The molecule has 1 aromatic rings. The summed E-state index contributed by atoms with van der Waals surface area (Å²) in [6.07, 6.45) is 4.43. The third kappa shape index (κ3) is 3.45. The first-order chi connectivity index (χ1) is 6.80. The third-order valence-corrected chi connectivity index (χ3v) is 2.94. The van der Waals surface area contributed by atoms with Crippen molar-refractivity contribution in [1.82, 2.24) is 9.78 Å². The summed E-state index contributed by atoms with van der Waals surface area (Å²) in [7, 11) is 1.87. The molecule has 0 aromatic carbocycles. The minimum atomic E-state index is -0.295. The molecule has 1 rings (SSSR count). The predicted molar refractivity (Wildman–Crippen MR) is 64.1 cm³/mol. The largest absolute Gasteiger partial charge is 0.298 e. The number of rotatable bonds is 3. The van der Waals surface area contributed by atoms with E-state index in [0.29, 0.717) is 6.42 Å². The minimum absolute atomic E-state index is 0.123. The Labute approximate surface area is 99.0 Å². The van der Waals surface area contributed by atoms with Gasteiger partial charge in [-0.3, -0.25) is 9.48 Å². The Kier molecular flexibility index (Phi) is 3.71. The molecule has 0 aliphatic heterocycles. The van der Waals surface area contributed by atoms with E-state index < -0.39 is 0 Å². The number of Topliss-reactive ketones (excluding diaryl/α,β-unsaturated/α-hetero) is 1. The van der Waals surface area contributed by atoms with Gasteiger partial charge in [0.15, 0.2) is 5.78 Å². The van der Waals surface area contributed by atoms with Gasteiger partial charge in [0.1, 0.15) is 0 Å². The summed E-state index contributed by atoms with van der Waals surface area (Å²) in [6, 6.07) is 0. The number of nitrogens with zero attached hydrogens (tertiary/aromatic N) is 2. The lowest BCUT2D eigenvalue weighted by atomic mass is 9.87. The first-order valence-electron chi connectivity index (χ1n) is 4.96. The number of hydrogen-bond donors (Lipinski definition) is 0. The van der Waals surface area contributed by atoms with Crippen molar-refractivity contribution in [2.45, 2.75) is 32.0 Å². The Morgan fingerprint density at radius 2 is 2.20 bits per heavy atom. The van der Waals surface area contributed by atoms with Crippen LogP contribution in [0.2, 0.25) is 0 Å².